The van der Waals surface area contributed by atoms with Crippen molar-refractivity contribution in [2.75, 3.05) is 9.80 Å². The number of ketones is 1. The lowest BCUT2D eigenvalue weighted by Gasteiger charge is -2.36. The zero-order chi connectivity index (χ0) is 28.1. The Kier molecular flexibility index (Phi) is 6.06. The molecule has 2 saturated heterocycles. The van der Waals surface area contributed by atoms with E-state index < -0.39 is 47.7 Å². The van der Waals surface area contributed by atoms with Crippen molar-refractivity contribution >= 4 is 47.0 Å². The van der Waals surface area contributed by atoms with Gasteiger partial charge in [0.25, 0.3) is 0 Å². The van der Waals surface area contributed by atoms with Crippen LogP contribution in [0.4, 0.5) is 11.4 Å². The minimum Gasteiger partial charge on any atom is -0.427 e. The first kappa shape index (κ1) is 25.2. The fourth-order valence-corrected chi connectivity index (χ4v) is 5.80. The number of hydrogen-bond acceptors (Lipinski definition) is 8. The van der Waals surface area contributed by atoms with Crippen molar-refractivity contribution in [2.24, 2.45) is 11.8 Å². The molecular weight excluding hydrogens is 512 g/mol. The van der Waals surface area contributed by atoms with Crippen LogP contribution < -0.4 is 19.3 Å². The summed E-state index contributed by atoms with van der Waals surface area (Å²) in [4.78, 5) is 67.4. The van der Waals surface area contributed by atoms with Crippen LogP contribution in [0.1, 0.15) is 29.8 Å². The predicted molar refractivity (Wildman–Crippen MR) is 145 cm³/mol. The lowest BCUT2D eigenvalue weighted by atomic mass is 9.89. The monoisotopic (exact) mass is 536 g/mol. The summed E-state index contributed by atoms with van der Waals surface area (Å²) in [6.45, 7) is 2.72. The first-order valence-corrected chi connectivity index (χ1v) is 12.8. The molecule has 0 unspecified atom stereocenters. The fraction of sp³-hybridized carbons (Fsp3) is 0.194. The van der Waals surface area contributed by atoms with E-state index >= 15 is 0 Å². The number of imide groups is 1. The number of fused-ring (bicyclic) bond motifs is 5. The minimum absolute atomic E-state index is 0.118. The highest BCUT2D eigenvalue weighted by Crippen LogP contribution is 2.49. The second-order valence-corrected chi connectivity index (χ2v) is 9.91. The van der Waals surface area contributed by atoms with Crippen LogP contribution >= 0.6 is 0 Å². The lowest BCUT2D eigenvalue weighted by molar-refractivity contribution is -0.139. The molecule has 3 heterocycles. The molecule has 3 aromatic rings. The van der Waals surface area contributed by atoms with E-state index in [0.717, 1.165) is 16.2 Å². The maximum atomic E-state index is 13.9. The fourth-order valence-electron chi connectivity index (χ4n) is 5.80. The van der Waals surface area contributed by atoms with E-state index in [-0.39, 0.29) is 17.3 Å². The topological polar surface area (TPSA) is 110 Å². The molecule has 6 rings (SSSR count). The Morgan fingerprint density at radius 2 is 1.38 bits per heavy atom. The third-order valence-corrected chi connectivity index (χ3v) is 7.49. The van der Waals surface area contributed by atoms with Gasteiger partial charge in [-0.1, -0.05) is 30.4 Å². The van der Waals surface area contributed by atoms with Gasteiger partial charge >= 0.3 is 11.9 Å². The average Bonchev–Trinajstić information content (AvgIpc) is 3.42. The van der Waals surface area contributed by atoms with Crippen molar-refractivity contribution in [3.63, 3.8) is 0 Å². The van der Waals surface area contributed by atoms with E-state index in [9.17, 15) is 24.0 Å². The zero-order valence-corrected chi connectivity index (χ0v) is 21.6. The van der Waals surface area contributed by atoms with E-state index in [4.69, 9.17) is 9.47 Å². The summed E-state index contributed by atoms with van der Waals surface area (Å²) >= 11 is 0. The van der Waals surface area contributed by atoms with Crippen LogP contribution in [0.2, 0.25) is 0 Å². The highest BCUT2D eigenvalue weighted by molar-refractivity contribution is 6.24. The van der Waals surface area contributed by atoms with Gasteiger partial charge in [0.1, 0.15) is 17.5 Å². The molecule has 3 aliphatic heterocycles. The largest absolute Gasteiger partial charge is 0.427 e. The first-order valence-electron chi connectivity index (χ1n) is 12.8. The number of Topliss-reactive ketones (excluding diaryl/α,β-unsaturated/α-hetero) is 1. The number of anilines is 2. The third kappa shape index (κ3) is 4.07. The smallest absolute Gasteiger partial charge is 0.335 e. The summed E-state index contributed by atoms with van der Waals surface area (Å²) in [6, 6.07) is 18.1. The van der Waals surface area contributed by atoms with Crippen LogP contribution in [-0.2, 0) is 19.2 Å². The molecule has 9 nitrogen and oxygen atoms in total. The molecule has 200 valence electrons. The van der Waals surface area contributed by atoms with Gasteiger partial charge in [-0.3, -0.25) is 19.2 Å². The highest BCUT2D eigenvalue weighted by atomic mass is 16.5. The Bertz CT molecular complexity index is 1590. The number of nitrogens with zero attached hydrogens (tertiary/aromatic N) is 2. The number of hydrogen-bond donors (Lipinski definition) is 0. The van der Waals surface area contributed by atoms with Crippen molar-refractivity contribution in [3.05, 3.63) is 90.0 Å². The van der Waals surface area contributed by atoms with Gasteiger partial charge in [0, 0.05) is 18.2 Å². The van der Waals surface area contributed by atoms with E-state index in [1.54, 1.807) is 12.1 Å². The molecule has 2 amide bonds. The van der Waals surface area contributed by atoms with Crippen molar-refractivity contribution in [1.82, 2.24) is 0 Å². The van der Waals surface area contributed by atoms with Crippen LogP contribution in [0.3, 0.4) is 0 Å². The normalized spacial score (nSPS) is 22.4. The SMILES string of the molecule is CC(=O)Oc1ccc(N2C(=O)[C@@H]3[C@H](C2=O)[C@H](C(=O)Oc2ccc(C(C)=O)cc2)N2c4ccccc4C=C[C@@H]32)cc1. The Morgan fingerprint density at radius 1 is 0.750 bits per heavy atom. The molecule has 0 aromatic heterocycles. The van der Waals surface area contributed by atoms with Crippen molar-refractivity contribution in [3.8, 4) is 11.5 Å². The Balaban J connectivity index is 1.37. The standard InChI is InChI=1S/C31H24N2O7/c1-17(34)19-7-12-23(13-8-19)40-31(38)28-27-26(25-16-9-20-5-3-4-6-24(20)33(25)28)29(36)32(30(27)37)21-10-14-22(15-11-21)39-18(2)35/h3-16,25-28H,1-2H3/t25-,26-,27-,28+/m0/s1. The van der Waals surface area contributed by atoms with Crippen LogP contribution in [0, 0.1) is 11.8 Å². The number of carbonyl (C=O) groups excluding carboxylic acids is 5. The molecule has 0 N–H and O–H groups in total. The molecule has 0 aliphatic carbocycles. The second kappa shape index (κ2) is 9.60. The van der Waals surface area contributed by atoms with Crippen molar-refractivity contribution in [1.29, 1.82) is 0 Å². The number of para-hydroxylation sites is 1. The molecule has 0 radical (unpaired) electrons. The number of esters is 2. The summed E-state index contributed by atoms with van der Waals surface area (Å²) in [7, 11) is 0. The van der Waals surface area contributed by atoms with Gasteiger partial charge in [-0.25, -0.2) is 9.69 Å². The van der Waals surface area contributed by atoms with Gasteiger partial charge < -0.3 is 14.4 Å². The van der Waals surface area contributed by atoms with Gasteiger partial charge in [-0.15, -0.1) is 0 Å². The number of benzene rings is 3. The Morgan fingerprint density at radius 3 is 2.05 bits per heavy atom. The number of ether oxygens (including phenoxy) is 2. The van der Waals surface area contributed by atoms with Gasteiger partial charge in [0.05, 0.1) is 23.6 Å². The van der Waals surface area contributed by atoms with E-state index in [1.807, 2.05) is 41.3 Å². The number of carbonyl (C=O) groups is 5. The molecular formula is C31H24N2O7. The van der Waals surface area contributed by atoms with E-state index in [2.05, 4.69) is 0 Å². The molecule has 4 atom stereocenters. The van der Waals surface area contributed by atoms with Gasteiger partial charge in [-0.2, -0.15) is 0 Å². The lowest BCUT2D eigenvalue weighted by Crippen LogP contribution is -2.50. The maximum absolute atomic E-state index is 13.9. The molecule has 0 spiro atoms. The summed E-state index contributed by atoms with van der Waals surface area (Å²) in [6.07, 6.45) is 3.75. The molecule has 2 fully saturated rings. The first-order chi connectivity index (χ1) is 19.2. The van der Waals surface area contributed by atoms with E-state index in [0.29, 0.717) is 11.3 Å². The molecule has 3 aliphatic rings. The summed E-state index contributed by atoms with van der Waals surface area (Å²) in [5.41, 5.74) is 2.39. The van der Waals surface area contributed by atoms with Gasteiger partial charge in [0.15, 0.2) is 5.78 Å². The van der Waals surface area contributed by atoms with Crippen LogP contribution in [0.25, 0.3) is 6.08 Å². The average molecular weight is 537 g/mol. The van der Waals surface area contributed by atoms with Crippen molar-refractivity contribution < 1.29 is 33.4 Å². The molecule has 9 heteroatoms. The summed E-state index contributed by atoms with van der Waals surface area (Å²) in [5, 5.41) is 0. The quantitative estimate of drug-likeness (QED) is 0.210. The van der Waals surface area contributed by atoms with Gasteiger partial charge in [-0.05, 0) is 67.1 Å². The Labute approximate surface area is 229 Å². The third-order valence-electron chi connectivity index (χ3n) is 7.49. The maximum Gasteiger partial charge on any atom is 0.335 e. The van der Waals surface area contributed by atoms with Crippen molar-refractivity contribution in [2.45, 2.75) is 25.9 Å². The number of rotatable bonds is 5. The summed E-state index contributed by atoms with van der Waals surface area (Å²) in [5.74, 6) is -3.51. The van der Waals surface area contributed by atoms with Crippen LogP contribution in [0.5, 0.6) is 11.5 Å². The van der Waals surface area contributed by atoms with Crippen LogP contribution in [-0.4, -0.2) is 41.6 Å². The summed E-state index contributed by atoms with van der Waals surface area (Å²) < 4.78 is 10.8. The molecule has 40 heavy (non-hydrogen) atoms. The van der Waals surface area contributed by atoms with Crippen LogP contribution in [0.15, 0.2) is 78.9 Å². The highest BCUT2D eigenvalue weighted by Gasteiger charge is 2.65. The molecule has 3 aromatic carbocycles. The zero-order valence-electron chi connectivity index (χ0n) is 21.6. The molecule has 0 bridgehead atoms. The minimum atomic E-state index is -1.07. The second-order valence-electron chi connectivity index (χ2n) is 9.91. The molecule has 0 saturated carbocycles. The van der Waals surface area contributed by atoms with Gasteiger partial charge in [0.2, 0.25) is 11.8 Å². The Hall–Kier alpha value is -5.05. The van der Waals surface area contributed by atoms with E-state index in [1.165, 1.54) is 50.2 Å². The number of amides is 2. The predicted octanol–water partition coefficient (Wildman–Crippen LogP) is 3.81.